The van der Waals surface area contributed by atoms with E-state index in [9.17, 15) is 9.59 Å². The third-order valence-corrected chi connectivity index (χ3v) is 5.47. The van der Waals surface area contributed by atoms with Crippen LogP contribution in [0.4, 0.5) is 0 Å². The quantitative estimate of drug-likeness (QED) is 0.567. The first kappa shape index (κ1) is 14.8. The highest BCUT2D eigenvalue weighted by Crippen LogP contribution is 2.64. The van der Waals surface area contributed by atoms with Crippen LogP contribution in [0, 0.1) is 17.3 Å². The van der Waals surface area contributed by atoms with E-state index >= 15 is 0 Å². The summed E-state index contributed by atoms with van der Waals surface area (Å²) in [5.74, 6) is -1.08. The minimum absolute atomic E-state index is 0.323. The molecule has 0 amide bonds. The third-order valence-electron chi connectivity index (χ3n) is 5.47. The van der Waals surface area contributed by atoms with Gasteiger partial charge in [0.1, 0.15) is 0 Å². The zero-order chi connectivity index (χ0) is 16.3. The Labute approximate surface area is 128 Å². The Bertz CT molecular complexity index is 661. The zero-order valence-electron chi connectivity index (χ0n) is 13.3. The Balaban J connectivity index is 2.23. The molecule has 0 aromatic rings. The Hall–Kier alpha value is -2.11. The smallest absolute Gasteiger partial charge is 0.334 e. The zero-order valence-corrected chi connectivity index (χ0v) is 13.3. The molecule has 6 nitrogen and oxygen atoms in total. The van der Waals surface area contributed by atoms with Gasteiger partial charge in [0.05, 0.1) is 43.4 Å². The monoisotopic (exact) mass is 305 g/mol. The molecule has 0 spiro atoms. The molecule has 0 unspecified atom stereocenters. The molecular formula is C16H19NO5. The number of methoxy groups -OCH3 is 3. The molecule has 0 saturated heterocycles. The van der Waals surface area contributed by atoms with Crippen molar-refractivity contribution in [3.05, 3.63) is 23.3 Å². The number of aliphatic imine (C=N–C) groups is 1. The second-order valence-electron chi connectivity index (χ2n) is 6.12. The Kier molecular flexibility index (Phi) is 2.99. The maximum atomic E-state index is 12.3. The summed E-state index contributed by atoms with van der Waals surface area (Å²) in [5, 5.41) is 0. The Morgan fingerprint density at radius 2 is 1.50 bits per heavy atom. The molecule has 4 aliphatic rings. The predicted octanol–water partition coefficient (Wildman–Crippen LogP) is 1.27. The molecule has 22 heavy (non-hydrogen) atoms. The van der Waals surface area contributed by atoms with Gasteiger partial charge in [-0.2, -0.15) is 0 Å². The van der Waals surface area contributed by atoms with Crippen molar-refractivity contribution in [1.29, 1.82) is 0 Å². The van der Waals surface area contributed by atoms with Crippen LogP contribution in [0.2, 0.25) is 0 Å². The molecular weight excluding hydrogens is 286 g/mol. The minimum Gasteiger partial charge on any atom is -0.484 e. The second kappa shape index (κ2) is 4.44. The van der Waals surface area contributed by atoms with Gasteiger partial charge in [0, 0.05) is 11.8 Å². The maximum absolute atomic E-state index is 12.3. The molecule has 6 heteroatoms. The predicted molar refractivity (Wildman–Crippen MR) is 78.1 cm³/mol. The highest BCUT2D eigenvalue weighted by Gasteiger charge is 2.71. The summed E-state index contributed by atoms with van der Waals surface area (Å²) in [6.07, 6.45) is 3.87. The summed E-state index contributed by atoms with van der Waals surface area (Å²) in [6.45, 7) is 3.99. The Morgan fingerprint density at radius 3 is 2.00 bits per heavy atom. The highest BCUT2D eigenvalue weighted by molar-refractivity contribution is 6.06. The van der Waals surface area contributed by atoms with Gasteiger partial charge in [-0.3, -0.25) is 0 Å². The normalized spacial score (nSPS) is 38.0. The lowest BCUT2D eigenvalue weighted by molar-refractivity contribution is -0.142. The molecule has 0 saturated carbocycles. The number of hydrogen-bond donors (Lipinski definition) is 0. The van der Waals surface area contributed by atoms with Crippen LogP contribution in [0.1, 0.15) is 13.8 Å². The molecule has 1 aliphatic heterocycles. The van der Waals surface area contributed by atoms with E-state index in [2.05, 4.69) is 4.99 Å². The molecule has 2 bridgehead atoms. The average Bonchev–Trinajstić information content (AvgIpc) is 2.54. The molecule has 0 aromatic carbocycles. The van der Waals surface area contributed by atoms with Gasteiger partial charge in [-0.1, -0.05) is 12.2 Å². The summed E-state index contributed by atoms with van der Waals surface area (Å²) >= 11 is 0. The molecule has 0 fully saturated rings. The number of ether oxygens (including phenoxy) is 3. The molecule has 1 heterocycles. The van der Waals surface area contributed by atoms with E-state index in [1.807, 2.05) is 26.0 Å². The average molecular weight is 305 g/mol. The number of hydrogen-bond acceptors (Lipinski definition) is 6. The van der Waals surface area contributed by atoms with Crippen molar-refractivity contribution in [1.82, 2.24) is 0 Å². The van der Waals surface area contributed by atoms with E-state index in [1.54, 1.807) is 7.11 Å². The van der Waals surface area contributed by atoms with Crippen molar-refractivity contribution >= 4 is 17.8 Å². The molecule has 0 radical (unpaired) electrons. The van der Waals surface area contributed by atoms with Crippen molar-refractivity contribution in [2.45, 2.75) is 19.4 Å². The summed E-state index contributed by atoms with van der Waals surface area (Å²) in [6, 6.07) is 0. The van der Waals surface area contributed by atoms with E-state index in [0.717, 1.165) is 0 Å². The summed E-state index contributed by atoms with van der Waals surface area (Å²) in [4.78, 5) is 29.1. The molecule has 4 rings (SSSR count). The van der Waals surface area contributed by atoms with E-state index in [1.165, 1.54) is 14.2 Å². The lowest BCUT2D eigenvalue weighted by Crippen LogP contribution is -2.69. The van der Waals surface area contributed by atoms with Crippen LogP contribution < -0.4 is 0 Å². The van der Waals surface area contributed by atoms with E-state index < -0.39 is 22.9 Å². The van der Waals surface area contributed by atoms with E-state index in [0.29, 0.717) is 17.0 Å². The molecule has 3 aliphatic carbocycles. The van der Waals surface area contributed by atoms with Crippen molar-refractivity contribution in [3.63, 3.8) is 0 Å². The van der Waals surface area contributed by atoms with Gasteiger partial charge in [-0.05, 0) is 13.8 Å². The van der Waals surface area contributed by atoms with Crippen LogP contribution in [-0.4, -0.2) is 44.7 Å². The van der Waals surface area contributed by atoms with Gasteiger partial charge in [-0.25, -0.2) is 14.6 Å². The van der Waals surface area contributed by atoms with Crippen LogP contribution in [-0.2, 0) is 23.8 Å². The van der Waals surface area contributed by atoms with Crippen LogP contribution >= 0.6 is 0 Å². The van der Waals surface area contributed by atoms with Crippen molar-refractivity contribution in [3.8, 4) is 0 Å². The maximum Gasteiger partial charge on any atom is 0.334 e. The van der Waals surface area contributed by atoms with Gasteiger partial charge in [0.25, 0.3) is 0 Å². The number of carbonyl (C=O) groups excluding carboxylic acids is 2. The van der Waals surface area contributed by atoms with Gasteiger partial charge in [-0.15, -0.1) is 0 Å². The number of nitrogens with zero attached hydrogens (tertiary/aromatic N) is 1. The molecule has 4 atom stereocenters. The topological polar surface area (TPSA) is 74.2 Å². The number of carbonyl (C=O) groups is 2. The lowest BCUT2D eigenvalue weighted by Gasteiger charge is -2.62. The Morgan fingerprint density at radius 1 is 1.00 bits per heavy atom. The lowest BCUT2D eigenvalue weighted by atomic mass is 9.45. The number of rotatable bonds is 2. The summed E-state index contributed by atoms with van der Waals surface area (Å²) in [7, 11) is 4.19. The second-order valence-corrected chi connectivity index (χ2v) is 6.12. The summed E-state index contributed by atoms with van der Waals surface area (Å²) in [5.41, 5.74) is -0.298. The first-order chi connectivity index (χ1) is 10.4. The minimum atomic E-state index is -0.529. The fourth-order valence-corrected chi connectivity index (χ4v) is 4.10. The van der Waals surface area contributed by atoms with Crippen LogP contribution in [0.3, 0.4) is 0 Å². The van der Waals surface area contributed by atoms with Crippen LogP contribution in [0.5, 0.6) is 0 Å². The van der Waals surface area contributed by atoms with Crippen LogP contribution in [0.25, 0.3) is 0 Å². The van der Waals surface area contributed by atoms with Gasteiger partial charge in [0.15, 0.2) is 5.90 Å². The van der Waals surface area contributed by atoms with Crippen molar-refractivity contribution < 1.29 is 23.8 Å². The largest absolute Gasteiger partial charge is 0.484 e. The third kappa shape index (κ3) is 1.38. The highest BCUT2D eigenvalue weighted by atomic mass is 16.5. The van der Waals surface area contributed by atoms with Crippen molar-refractivity contribution in [2.24, 2.45) is 22.2 Å². The fraction of sp³-hybridized carbons (Fsp3) is 0.562. The van der Waals surface area contributed by atoms with Crippen molar-refractivity contribution in [2.75, 3.05) is 21.3 Å². The molecule has 0 aromatic heterocycles. The van der Waals surface area contributed by atoms with E-state index in [-0.39, 0.29) is 11.8 Å². The summed E-state index contributed by atoms with van der Waals surface area (Å²) < 4.78 is 15.2. The van der Waals surface area contributed by atoms with Gasteiger partial charge in [0.2, 0.25) is 0 Å². The standard InChI is InChI=1S/C16H19NO5/c1-15-8-6-7-9(16(15,2)17-14(15)22-5)11(13(19)21-4)10(8)12(18)20-3/h6-9H,1-5H3/t8-,9+,15-,16-/m0/s1. The van der Waals surface area contributed by atoms with E-state index in [4.69, 9.17) is 14.2 Å². The first-order valence-corrected chi connectivity index (χ1v) is 7.10. The SMILES string of the molecule is COC(=O)C1=C(C(=O)OC)[C@@H]2C=C[C@H]1[C@]1(C)N=C(OC)[C@]21C. The van der Waals surface area contributed by atoms with Gasteiger partial charge < -0.3 is 14.2 Å². The first-order valence-electron chi connectivity index (χ1n) is 7.10. The fourth-order valence-electron chi connectivity index (χ4n) is 4.10. The van der Waals surface area contributed by atoms with Crippen LogP contribution in [0.15, 0.2) is 28.3 Å². The number of allylic oxidation sites excluding steroid dienone is 1. The van der Waals surface area contributed by atoms with Gasteiger partial charge >= 0.3 is 11.9 Å². The molecule has 118 valence electrons. The molecule has 0 N–H and O–H groups in total. The number of esters is 2.